The van der Waals surface area contributed by atoms with E-state index in [0.29, 0.717) is 0 Å². The van der Waals surface area contributed by atoms with E-state index in [2.05, 4.69) is 22.5 Å². The van der Waals surface area contributed by atoms with Gasteiger partial charge in [-0.3, -0.25) is 0 Å². The molecule has 2 rings (SSSR count). The Hall–Kier alpha value is -2.23. The molecule has 0 bridgehead atoms. The summed E-state index contributed by atoms with van der Waals surface area (Å²) in [6.07, 6.45) is 0. The molecule has 0 spiro atoms. The second-order valence-electron chi connectivity index (χ2n) is 4.25. The molecule has 0 aliphatic rings. The fourth-order valence-electron chi connectivity index (χ4n) is 1.89. The van der Waals surface area contributed by atoms with Crippen LogP contribution in [0.1, 0.15) is 12.5 Å². The first kappa shape index (κ1) is 13.2. The molecule has 4 heteroatoms. The van der Waals surface area contributed by atoms with Crippen molar-refractivity contribution in [3.05, 3.63) is 42.0 Å². The number of hydrogen-bond donors (Lipinski definition) is 2. The van der Waals surface area contributed by atoms with Crippen LogP contribution in [0.15, 0.2) is 36.4 Å². The van der Waals surface area contributed by atoms with Gasteiger partial charge < -0.3 is 15.4 Å². The van der Waals surface area contributed by atoms with Gasteiger partial charge in [-0.2, -0.15) is 0 Å². The Labute approximate surface area is 113 Å². The number of nitrogens with zero attached hydrogens (tertiary/aromatic N) is 1. The molecule has 0 fully saturated rings. The Bertz CT molecular complexity index is 555. The van der Waals surface area contributed by atoms with Gasteiger partial charge in [0.2, 0.25) is 0 Å². The SMILES string of the molecule is CCNc1cccc(Nc2ccc(OC)c(C)c2)n1. The van der Waals surface area contributed by atoms with Crippen LogP contribution in [0, 0.1) is 6.92 Å². The van der Waals surface area contributed by atoms with Crippen molar-refractivity contribution in [3.63, 3.8) is 0 Å². The number of aromatic nitrogens is 1. The van der Waals surface area contributed by atoms with E-state index >= 15 is 0 Å². The molecule has 0 radical (unpaired) electrons. The summed E-state index contributed by atoms with van der Waals surface area (Å²) in [5.74, 6) is 2.58. The molecular formula is C15H19N3O. The molecule has 1 heterocycles. The normalized spacial score (nSPS) is 10.1. The number of hydrogen-bond acceptors (Lipinski definition) is 4. The number of benzene rings is 1. The minimum atomic E-state index is 0.822. The molecule has 4 nitrogen and oxygen atoms in total. The Morgan fingerprint density at radius 2 is 1.95 bits per heavy atom. The van der Waals surface area contributed by atoms with Crippen LogP contribution in [0.2, 0.25) is 0 Å². The maximum atomic E-state index is 5.25. The van der Waals surface area contributed by atoms with E-state index in [4.69, 9.17) is 4.74 Å². The van der Waals surface area contributed by atoms with Gasteiger partial charge in [-0.15, -0.1) is 0 Å². The van der Waals surface area contributed by atoms with Crippen molar-refractivity contribution in [1.29, 1.82) is 0 Å². The second-order valence-corrected chi connectivity index (χ2v) is 4.25. The lowest BCUT2D eigenvalue weighted by atomic mass is 10.2. The number of anilines is 3. The Morgan fingerprint density at radius 3 is 2.63 bits per heavy atom. The number of ether oxygens (including phenoxy) is 1. The van der Waals surface area contributed by atoms with Gasteiger partial charge >= 0.3 is 0 Å². The van der Waals surface area contributed by atoms with Gasteiger partial charge in [0.1, 0.15) is 17.4 Å². The molecule has 0 aliphatic heterocycles. The van der Waals surface area contributed by atoms with Crippen molar-refractivity contribution in [2.45, 2.75) is 13.8 Å². The number of methoxy groups -OCH3 is 1. The van der Waals surface area contributed by atoms with Crippen molar-refractivity contribution in [2.75, 3.05) is 24.3 Å². The molecule has 2 aromatic rings. The van der Waals surface area contributed by atoms with Crippen LogP contribution >= 0.6 is 0 Å². The first-order chi connectivity index (χ1) is 9.22. The lowest BCUT2D eigenvalue weighted by Crippen LogP contribution is -2.01. The topological polar surface area (TPSA) is 46.2 Å². The van der Waals surface area contributed by atoms with E-state index in [9.17, 15) is 0 Å². The lowest BCUT2D eigenvalue weighted by molar-refractivity contribution is 0.412. The van der Waals surface area contributed by atoms with Crippen molar-refractivity contribution in [1.82, 2.24) is 4.98 Å². The summed E-state index contributed by atoms with van der Waals surface area (Å²) in [6.45, 7) is 4.93. The predicted molar refractivity (Wildman–Crippen MR) is 79.4 cm³/mol. The van der Waals surface area contributed by atoms with Gasteiger partial charge in [0.25, 0.3) is 0 Å². The molecule has 0 saturated heterocycles. The lowest BCUT2D eigenvalue weighted by Gasteiger charge is -2.10. The Morgan fingerprint density at radius 1 is 1.16 bits per heavy atom. The third-order valence-electron chi connectivity index (χ3n) is 2.77. The van der Waals surface area contributed by atoms with Crippen molar-refractivity contribution < 1.29 is 4.74 Å². The standard InChI is InChI=1S/C15H19N3O/c1-4-16-14-6-5-7-15(18-14)17-12-8-9-13(19-3)11(2)10-12/h5-10H,4H2,1-3H3,(H2,16,17,18). The summed E-state index contributed by atoms with van der Waals surface area (Å²) in [7, 11) is 1.68. The van der Waals surface area contributed by atoms with Crippen LogP contribution in [0.5, 0.6) is 5.75 Å². The van der Waals surface area contributed by atoms with Crippen LogP contribution in [0.3, 0.4) is 0 Å². The Kier molecular flexibility index (Phi) is 4.23. The zero-order valence-electron chi connectivity index (χ0n) is 11.5. The summed E-state index contributed by atoms with van der Waals surface area (Å²) < 4.78 is 5.25. The van der Waals surface area contributed by atoms with Crippen LogP contribution in [-0.4, -0.2) is 18.6 Å². The molecule has 0 unspecified atom stereocenters. The van der Waals surface area contributed by atoms with E-state index in [1.807, 2.05) is 43.3 Å². The fourth-order valence-corrected chi connectivity index (χ4v) is 1.89. The maximum absolute atomic E-state index is 5.25. The van der Waals surface area contributed by atoms with Gasteiger partial charge in [-0.25, -0.2) is 4.98 Å². The third-order valence-corrected chi connectivity index (χ3v) is 2.77. The predicted octanol–water partition coefficient (Wildman–Crippen LogP) is 3.57. The monoisotopic (exact) mass is 257 g/mol. The highest BCUT2D eigenvalue weighted by atomic mass is 16.5. The van der Waals surface area contributed by atoms with E-state index in [1.165, 1.54) is 0 Å². The number of aryl methyl sites for hydroxylation is 1. The molecule has 100 valence electrons. The molecule has 19 heavy (non-hydrogen) atoms. The molecule has 0 amide bonds. The fraction of sp³-hybridized carbons (Fsp3) is 0.267. The molecule has 0 aliphatic carbocycles. The molecule has 1 aromatic heterocycles. The summed E-state index contributed by atoms with van der Waals surface area (Å²) >= 11 is 0. The van der Waals surface area contributed by atoms with E-state index in [0.717, 1.165) is 35.2 Å². The van der Waals surface area contributed by atoms with Crippen molar-refractivity contribution >= 4 is 17.3 Å². The van der Waals surface area contributed by atoms with E-state index in [-0.39, 0.29) is 0 Å². The van der Waals surface area contributed by atoms with Crippen LogP contribution in [0.25, 0.3) is 0 Å². The smallest absolute Gasteiger partial charge is 0.132 e. The number of pyridine rings is 1. The third kappa shape index (κ3) is 3.37. The average Bonchev–Trinajstić information content (AvgIpc) is 2.40. The zero-order valence-corrected chi connectivity index (χ0v) is 11.5. The van der Waals surface area contributed by atoms with Gasteiger partial charge in [0.05, 0.1) is 7.11 Å². The highest BCUT2D eigenvalue weighted by Crippen LogP contribution is 2.23. The van der Waals surface area contributed by atoms with Gasteiger partial charge in [-0.05, 0) is 49.7 Å². The first-order valence-corrected chi connectivity index (χ1v) is 6.35. The zero-order chi connectivity index (χ0) is 13.7. The van der Waals surface area contributed by atoms with E-state index in [1.54, 1.807) is 7.11 Å². The Balaban J connectivity index is 2.16. The maximum Gasteiger partial charge on any atom is 0.132 e. The molecule has 0 saturated carbocycles. The van der Waals surface area contributed by atoms with Crippen LogP contribution < -0.4 is 15.4 Å². The minimum absolute atomic E-state index is 0.822. The number of nitrogens with one attached hydrogen (secondary N) is 2. The minimum Gasteiger partial charge on any atom is -0.496 e. The average molecular weight is 257 g/mol. The summed E-state index contributed by atoms with van der Waals surface area (Å²) in [5, 5.41) is 6.48. The van der Waals surface area contributed by atoms with E-state index < -0.39 is 0 Å². The largest absolute Gasteiger partial charge is 0.496 e. The summed E-state index contributed by atoms with van der Waals surface area (Å²) in [4.78, 5) is 4.48. The second kappa shape index (κ2) is 6.09. The summed E-state index contributed by atoms with van der Waals surface area (Å²) in [5.41, 5.74) is 2.09. The first-order valence-electron chi connectivity index (χ1n) is 6.35. The highest BCUT2D eigenvalue weighted by molar-refractivity contribution is 5.60. The van der Waals surface area contributed by atoms with Gasteiger partial charge in [-0.1, -0.05) is 6.07 Å². The molecule has 1 aromatic carbocycles. The summed E-state index contributed by atoms with van der Waals surface area (Å²) in [6, 6.07) is 11.8. The van der Waals surface area contributed by atoms with Crippen molar-refractivity contribution in [2.24, 2.45) is 0 Å². The van der Waals surface area contributed by atoms with Crippen molar-refractivity contribution in [3.8, 4) is 5.75 Å². The van der Waals surface area contributed by atoms with Gasteiger partial charge in [0, 0.05) is 12.2 Å². The van der Waals surface area contributed by atoms with Gasteiger partial charge in [0.15, 0.2) is 0 Å². The molecule has 0 atom stereocenters. The van der Waals surface area contributed by atoms with Crippen LogP contribution in [0.4, 0.5) is 17.3 Å². The highest BCUT2D eigenvalue weighted by Gasteiger charge is 2.01. The number of rotatable bonds is 5. The quantitative estimate of drug-likeness (QED) is 0.859. The van der Waals surface area contributed by atoms with Crippen LogP contribution in [-0.2, 0) is 0 Å². The molecular weight excluding hydrogens is 238 g/mol. The molecule has 2 N–H and O–H groups in total.